The molecule has 0 aliphatic heterocycles. The third-order valence-corrected chi connectivity index (χ3v) is 7.54. The molecule has 45 heavy (non-hydrogen) atoms. The van der Waals surface area contributed by atoms with E-state index in [2.05, 4.69) is 35.9 Å². The van der Waals surface area contributed by atoms with Crippen LogP contribution in [0.2, 0.25) is 0 Å². The van der Waals surface area contributed by atoms with E-state index in [9.17, 15) is 9.59 Å². The Kier molecular flexibility index (Phi) is 7.45. The lowest BCUT2D eigenvalue weighted by Gasteiger charge is -2.19. The van der Waals surface area contributed by atoms with Crippen molar-refractivity contribution in [2.45, 2.75) is 33.1 Å². The molecule has 2 amide bonds. The number of anilines is 3. The number of nitrogens with one attached hydrogen (secondary N) is 3. The van der Waals surface area contributed by atoms with Gasteiger partial charge in [-0.25, -0.2) is 19.7 Å². The number of urea groups is 1. The molecule has 6 rings (SSSR count). The predicted octanol–water partition coefficient (Wildman–Crippen LogP) is 6.29. The molecule has 0 atom stereocenters. The number of aryl methyl sites for hydroxylation is 2. The lowest BCUT2D eigenvalue weighted by molar-refractivity contribution is 0.262. The van der Waals surface area contributed by atoms with Crippen molar-refractivity contribution in [2.24, 2.45) is 7.05 Å². The van der Waals surface area contributed by atoms with Gasteiger partial charge in [-0.15, -0.1) is 0 Å². The largest absolute Gasteiger partial charge is 0.357 e. The molecular formula is C34H33N9O2. The molecule has 0 radical (unpaired) electrons. The summed E-state index contributed by atoms with van der Waals surface area (Å²) in [4.78, 5) is 49.4. The number of amides is 2. The Labute approximate surface area is 259 Å². The molecular weight excluding hydrogens is 566 g/mol. The molecule has 3 N–H and O–H groups in total. The van der Waals surface area contributed by atoms with Crippen LogP contribution in [0.15, 0.2) is 78.0 Å². The molecule has 0 saturated heterocycles. The number of aromatic nitrogens is 6. The molecule has 4 aromatic heterocycles. The summed E-state index contributed by atoms with van der Waals surface area (Å²) in [5, 5.41) is 10.4. The minimum atomic E-state index is -0.472. The van der Waals surface area contributed by atoms with Crippen LogP contribution in [0.1, 0.15) is 32.2 Å². The first-order chi connectivity index (χ1) is 21.5. The van der Waals surface area contributed by atoms with E-state index in [1.54, 1.807) is 50.9 Å². The van der Waals surface area contributed by atoms with Crippen LogP contribution in [0.3, 0.4) is 0 Å². The fourth-order valence-corrected chi connectivity index (χ4v) is 5.11. The molecule has 0 unspecified atom stereocenters. The van der Waals surface area contributed by atoms with Crippen LogP contribution < -0.4 is 21.5 Å². The first kappa shape index (κ1) is 29.4. The molecule has 226 valence electrons. The number of carbonyl (C=O) groups excluding carboxylic acids is 1. The second kappa shape index (κ2) is 11.4. The average Bonchev–Trinajstić information content (AvgIpc) is 3.03. The van der Waals surface area contributed by atoms with E-state index >= 15 is 0 Å². The highest BCUT2D eigenvalue weighted by atomic mass is 16.2. The standard InChI is InChI=1S/C34H33N9O2/c1-19-9-11-23(16-24(19)25-15-22-17-38-32(35-5)42-29(22)43(6)30(25)44)39-33(45)40-27-18-37-31(34(2,3)4)41-28(27)21-10-12-26-20(14-21)8-7-13-36-26/h7-18H,1-6H3,(H,35,38,42)(H2,39,40,45). The highest BCUT2D eigenvalue weighted by molar-refractivity contribution is 6.02. The molecule has 0 saturated carbocycles. The zero-order valence-electron chi connectivity index (χ0n) is 25.9. The summed E-state index contributed by atoms with van der Waals surface area (Å²) >= 11 is 0. The maximum absolute atomic E-state index is 13.4. The molecule has 2 aromatic carbocycles. The molecule has 0 bridgehead atoms. The summed E-state index contributed by atoms with van der Waals surface area (Å²) in [6.45, 7) is 8.05. The van der Waals surface area contributed by atoms with Gasteiger partial charge in [0.1, 0.15) is 11.5 Å². The number of hydrogen-bond donors (Lipinski definition) is 3. The second-order valence-corrected chi connectivity index (χ2v) is 11.9. The summed E-state index contributed by atoms with van der Waals surface area (Å²) in [7, 11) is 3.41. The molecule has 0 aliphatic rings. The summed E-state index contributed by atoms with van der Waals surface area (Å²) in [5.41, 5.74) is 5.33. The molecule has 0 spiro atoms. The fraction of sp³-hybridized carbons (Fsp3) is 0.206. The van der Waals surface area contributed by atoms with Crippen molar-refractivity contribution >= 4 is 45.3 Å². The van der Waals surface area contributed by atoms with Gasteiger partial charge in [0.2, 0.25) is 5.95 Å². The van der Waals surface area contributed by atoms with Gasteiger partial charge >= 0.3 is 6.03 Å². The Morgan fingerprint density at radius 3 is 2.47 bits per heavy atom. The highest BCUT2D eigenvalue weighted by Gasteiger charge is 2.21. The van der Waals surface area contributed by atoms with Gasteiger partial charge in [0.15, 0.2) is 0 Å². The van der Waals surface area contributed by atoms with Gasteiger partial charge in [-0.05, 0) is 54.4 Å². The molecule has 11 heteroatoms. The minimum Gasteiger partial charge on any atom is -0.357 e. The number of pyridine rings is 2. The number of hydrogen-bond acceptors (Lipinski definition) is 8. The smallest absolute Gasteiger partial charge is 0.323 e. The van der Waals surface area contributed by atoms with Gasteiger partial charge in [-0.3, -0.25) is 14.3 Å². The van der Waals surface area contributed by atoms with E-state index in [0.29, 0.717) is 45.6 Å². The van der Waals surface area contributed by atoms with Crippen LogP contribution in [0.5, 0.6) is 0 Å². The van der Waals surface area contributed by atoms with Crippen molar-refractivity contribution in [3.63, 3.8) is 0 Å². The average molecular weight is 600 g/mol. The van der Waals surface area contributed by atoms with E-state index in [1.807, 2.05) is 64.1 Å². The zero-order valence-corrected chi connectivity index (χ0v) is 25.9. The first-order valence-electron chi connectivity index (χ1n) is 14.5. The maximum Gasteiger partial charge on any atom is 0.323 e. The summed E-state index contributed by atoms with van der Waals surface area (Å²) < 4.78 is 1.51. The Morgan fingerprint density at radius 1 is 0.867 bits per heavy atom. The molecule has 0 aliphatic carbocycles. The van der Waals surface area contributed by atoms with Gasteiger partial charge < -0.3 is 16.0 Å². The lowest BCUT2D eigenvalue weighted by Crippen LogP contribution is -2.22. The van der Waals surface area contributed by atoms with Crippen molar-refractivity contribution in [3.05, 3.63) is 94.9 Å². The van der Waals surface area contributed by atoms with Gasteiger partial charge in [-0.1, -0.05) is 39.0 Å². The van der Waals surface area contributed by atoms with Gasteiger partial charge in [0.25, 0.3) is 5.56 Å². The van der Waals surface area contributed by atoms with Crippen LogP contribution in [-0.2, 0) is 12.5 Å². The predicted molar refractivity (Wildman–Crippen MR) is 179 cm³/mol. The zero-order chi connectivity index (χ0) is 31.9. The monoisotopic (exact) mass is 599 g/mol. The number of carbonyl (C=O) groups is 1. The van der Waals surface area contributed by atoms with Crippen LogP contribution >= 0.6 is 0 Å². The maximum atomic E-state index is 13.4. The van der Waals surface area contributed by atoms with Crippen molar-refractivity contribution in [1.82, 2.24) is 29.5 Å². The SMILES string of the molecule is CNc1ncc2cc(-c3cc(NC(=O)Nc4cnc(C(C)(C)C)nc4-c4ccc5ncccc5c4)ccc3C)c(=O)n(C)c2n1. The Bertz CT molecular complexity index is 2170. The van der Waals surface area contributed by atoms with E-state index in [0.717, 1.165) is 27.4 Å². The number of rotatable bonds is 5. The van der Waals surface area contributed by atoms with Crippen LogP contribution in [-0.4, -0.2) is 42.6 Å². The highest BCUT2D eigenvalue weighted by Crippen LogP contribution is 2.31. The van der Waals surface area contributed by atoms with E-state index in [-0.39, 0.29) is 11.0 Å². The second-order valence-electron chi connectivity index (χ2n) is 11.9. The van der Waals surface area contributed by atoms with Gasteiger partial charge in [0, 0.05) is 59.5 Å². The van der Waals surface area contributed by atoms with Crippen molar-refractivity contribution in [2.75, 3.05) is 23.0 Å². The minimum absolute atomic E-state index is 0.209. The summed E-state index contributed by atoms with van der Waals surface area (Å²) in [6, 6.07) is 16.5. The van der Waals surface area contributed by atoms with Crippen molar-refractivity contribution in [3.8, 4) is 22.4 Å². The van der Waals surface area contributed by atoms with Crippen LogP contribution in [0, 0.1) is 6.92 Å². The summed E-state index contributed by atoms with van der Waals surface area (Å²) in [6.07, 6.45) is 5.07. The summed E-state index contributed by atoms with van der Waals surface area (Å²) in [5.74, 6) is 1.08. The van der Waals surface area contributed by atoms with Crippen molar-refractivity contribution in [1.29, 1.82) is 0 Å². The van der Waals surface area contributed by atoms with Crippen LogP contribution in [0.4, 0.5) is 22.1 Å². The van der Waals surface area contributed by atoms with E-state index in [4.69, 9.17) is 4.98 Å². The number of nitrogens with zero attached hydrogens (tertiary/aromatic N) is 6. The van der Waals surface area contributed by atoms with Gasteiger partial charge in [0.05, 0.1) is 23.1 Å². The lowest BCUT2D eigenvalue weighted by atomic mass is 9.95. The topological polar surface area (TPSA) is 140 Å². The molecule has 11 nitrogen and oxygen atoms in total. The van der Waals surface area contributed by atoms with E-state index in [1.165, 1.54) is 4.57 Å². The van der Waals surface area contributed by atoms with Crippen LogP contribution in [0.25, 0.3) is 44.3 Å². The Balaban J connectivity index is 1.33. The molecule has 6 aromatic rings. The van der Waals surface area contributed by atoms with E-state index < -0.39 is 6.03 Å². The third kappa shape index (κ3) is 5.79. The Morgan fingerprint density at radius 2 is 1.69 bits per heavy atom. The normalized spacial score (nSPS) is 11.5. The third-order valence-electron chi connectivity index (χ3n) is 7.54. The molecule has 4 heterocycles. The number of fused-ring (bicyclic) bond motifs is 2. The van der Waals surface area contributed by atoms with Crippen molar-refractivity contribution < 1.29 is 4.79 Å². The first-order valence-corrected chi connectivity index (χ1v) is 14.5. The quantitative estimate of drug-likeness (QED) is 0.210. The van der Waals surface area contributed by atoms with Gasteiger partial charge in [-0.2, -0.15) is 4.98 Å². The Hall–Kier alpha value is -5.71. The molecule has 0 fully saturated rings. The fourth-order valence-electron chi connectivity index (χ4n) is 5.11. The number of benzene rings is 2.